The molecule has 22 heavy (non-hydrogen) atoms. The molecule has 2 rings (SSSR count). The lowest BCUT2D eigenvalue weighted by Crippen LogP contribution is -2.49. The molecule has 0 bridgehead atoms. The lowest BCUT2D eigenvalue weighted by Gasteiger charge is -2.32. The van der Waals surface area contributed by atoms with Crippen molar-refractivity contribution < 1.29 is 14.6 Å². The average molecular weight is 306 g/mol. The van der Waals surface area contributed by atoms with E-state index in [0.29, 0.717) is 32.5 Å². The SMILES string of the molecule is CCC(O)CCNC(=O)C1CN(Cc2ccccc2)CCO1. The normalized spacial score (nSPS) is 20.5. The molecule has 1 amide bonds. The Morgan fingerprint density at radius 2 is 2.23 bits per heavy atom. The first-order valence-electron chi connectivity index (χ1n) is 8.02. The zero-order chi connectivity index (χ0) is 15.8. The van der Waals surface area contributed by atoms with Crippen molar-refractivity contribution in [1.82, 2.24) is 10.2 Å². The maximum atomic E-state index is 12.1. The van der Waals surface area contributed by atoms with Gasteiger partial charge >= 0.3 is 0 Å². The largest absolute Gasteiger partial charge is 0.393 e. The van der Waals surface area contributed by atoms with E-state index in [0.717, 1.165) is 13.1 Å². The summed E-state index contributed by atoms with van der Waals surface area (Å²) >= 11 is 0. The molecule has 0 spiro atoms. The van der Waals surface area contributed by atoms with Gasteiger partial charge < -0.3 is 15.2 Å². The third-order valence-corrected chi connectivity index (χ3v) is 3.94. The van der Waals surface area contributed by atoms with Crippen LogP contribution in [0.1, 0.15) is 25.3 Å². The highest BCUT2D eigenvalue weighted by atomic mass is 16.5. The Morgan fingerprint density at radius 1 is 1.45 bits per heavy atom. The van der Waals surface area contributed by atoms with Gasteiger partial charge in [0.15, 0.2) is 0 Å². The van der Waals surface area contributed by atoms with Gasteiger partial charge in [0, 0.05) is 26.2 Å². The second-order valence-corrected chi connectivity index (χ2v) is 5.72. The first kappa shape index (κ1) is 16.9. The van der Waals surface area contributed by atoms with E-state index >= 15 is 0 Å². The molecular formula is C17H26N2O3. The second-order valence-electron chi connectivity index (χ2n) is 5.72. The van der Waals surface area contributed by atoms with Crippen molar-refractivity contribution in [3.63, 3.8) is 0 Å². The van der Waals surface area contributed by atoms with Gasteiger partial charge in [-0.05, 0) is 18.4 Å². The van der Waals surface area contributed by atoms with Gasteiger partial charge in [0.25, 0.3) is 0 Å². The topological polar surface area (TPSA) is 61.8 Å². The molecule has 1 saturated heterocycles. The Kier molecular flexibility index (Phi) is 6.83. The molecule has 1 aliphatic rings. The van der Waals surface area contributed by atoms with Gasteiger partial charge in [0.05, 0.1) is 12.7 Å². The number of rotatable bonds is 7. The van der Waals surface area contributed by atoms with Gasteiger partial charge in [0.1, 0.15) is 6.10 Å². The number of carbonyl (C=O) groups is 1. The number of nitrogens with one attached hydrogen (secondary N) is 1. The summed E-state index contributed by atoms with van der Waals surface area (Å²) < 4.78 is 5.58. The minimum Gasteiger partial charge on any atom is -0.393 e. The molecule has 1 heterocycles. The van der Waals surface area contributed by atoms with Crippen LogP contribution >= 0.6 is 0 Å². The highest BCUT2D eigenvalue weighted by Gasteiger charge is 2.26. The molecule has 0 aromatic heterocycles. The van der Waals surface area contributed by atoms with Crippen LogP contribution in [-0.4, -0.2) is 54.4 Å². The van der Waals surface area contributed by atoms with E-state index in [1.54, 1.807) is 0 Å². The van der Waals surface area contributed by atoms with Crippen LogP contribution in [0.5, 0.6) is 0 Å². The Bertz CT molecular complexity index is 452. The number of hydrogen-bond donors (Lipinski definition) is 2. The molecule has 1 aliphatic heterocycles. The molecule has 1 fully saturated rings. The Hall–Kier alpha value is -1.43. The number of amides is 1. The van der Waals surface area contributed by atoms with E-state index < -0.39 is 6.10 Å². The third-order valence-electron chi connectivity index (χ3n) is 3.94. The molecule has 2 N–H and O–H groups in total. The Labute approximate surface area is 132 Å². The quantitative estimate of drug-likeness (QED) is 0.794. The molecule has 0 radical (unpaired) electrons. The summed E-state index contributed by atoms with van der Waals surface area (Å²) in [5.41, 5.74) is 1.25. The van der Waals surface area contributed by atoms with Crippen LogP contribution in [0, 0.1) is 0 Å². The van der Waals surface area contributed by atoms with Crippen molar-refractivity contribution in [2.75, 3.05) is 26.2 Å². The molecule has 5 nitrogen and oxygen atoms in total. The minimum absolute atomic E-state index is 0.0823. The van der Waals surface area contributed by atoms with Crippen LogP contribution in [-0.2, 0) is 16.1 Å². The average Bonchev–Trinajstić information content (AvgIpc) is 2.55. The van der Waals surface area contributed by atoms with E-state index in [4.69, 9.17) is 4.74 Å². The molecule has 2 atom stereocenters. The van der Waals surface area contributed by atoms with E-state index in [1.165, 1.54) is 5.56 Å². The van der Waals surface area contributed by atoms with Crippen molar-refractivity contribution >= 4 is 5.91 Å². The van der Waals surface area contributed by atoms with Crippen LogP contribution in [0.15, 0.2) is 30.3 Å². The summed E-state index contributed by atoms with van der Waals surface area (Å²) in [4.78, 5) is 14.4. The fourth-order valence-electron chi connectivity index (χ4n) is 2.53. The second kappa shape index (κ2) is 8.88. The van der Waals surface area contributed by atoms with Crippen LogP contribution in [0.25, 0.3) is 0 Å². The number of carbonyl (C=O) groups excluding carboxylic acids is 1. The Balaban J connectivity index is 1.76. The van der Waals surface area contributed by atoms with Crippen molar-refractivity contribution in [3.8, 4) is 0 Å². The number of hydrogen-bond acceptors (Lipinski definition) is 4. The smallest absolute Gasteiger partial charge is 0.250 e. The fourth-order valence-corrected chi connectivity index (χ4v) is 2.53. The zero-order valence-corrected chi connectivity index (χ0v) is 13.2. The summed E-state index contributed by atoms with van der Waals surface area (Å²) in [6.07, 6.45) is 0.530. The van der Waals surface area contributed by atoms with Crippen LogP contribution in [0.3, 0.4) is 0 Å². The predicted octanol–water partition coefficient (Wildman–Crippen LogP) is 1.16. The standard InChI is InChI=1S/C17H26N2O3/c1-2-15(20)8-9-18-17(21)16-13-19(10-11-22-16)12-14-6-4-3-5-7-14/h3-7,15-16,20H,2,8-13H2,1H3,(H,18,21). The highest BCUT2D eigenvalue weighted by Crippen LogP contribution is 2.10. The first-order valence-corrected chi connectivity index (χ1v) is 8.02. The van der Waals surface area contributed by atoms with Crippen molar-refractivity contribution in [3.05, 3.63) is 35.9 Å². The highest BCUT2D eigenvalue weighted by molar-refractivity contribution is 5.81. The first-order chi connectivity index (χ1) is 10.7. The van der Waals surface area contributed by atoms with Crippen LogP contribution < -0.4 is 5.32 Å². The molecule has 0 aliphatic carbocycles. The van der Waals surface area contributed by atoms with Gasteiger partial charge in [-0.3, -0.25) is 9.69 Å². The van der Waals surface area contributed by atoms with Gasteiger partial charge in [-0.15, -0.1) is 0 Å². The molecule has 122 valence electrons. The van der Waals surface area contributed by atoms with Gasteiger partial charge in [-0.25, -0.2) is 0 Å². The van der Waals surface area contributed by atoms with E-state index in [2.05, 4.69) is 22.3 Å². The number of nitrogens with zero attached hydrogens (tertiary/aromatic N) is 1. The predicted molar refractivity (Wildman–Crippen MR) is 85.4 cm³/mol. The monoisotopic (exact) mass is 306 g/mol. The molecule has 2 unspecified atom stereocenters. The molecule has 1 aromatic carbocycles. The van der Waals surface area contributed by atoms with E-state index in [1.807, 2.05) is 25.1 Å². The van der Waals surface area contributed by atoms with Crippen molar-refractivity contribution in [1.29, 1.82) is 0 Å². The van der Waals surface area contributed by atoms with Crippen LogP contribution in [0.2, 0.25) is 0 Å². The lowest BCUT2D eigenvalue weighted by molar-refractivity contribution is -0.138. The summed E-state index contributed by atoms with van der Waals surface area (Å²) in [5, 5.41) is 12.3. The lowest BCUT2D eigenvalue weighted by atomic mass is 10.1. The molecule has 5 heteroatoms. The molecular weight excluding hydrogens is 280 g/mol. The number of benzene rings is 1. The van der Waals surface area contributed by atoms with E-state index in [-0.39, 0.29) is 12.0 Å². The number of aliphatic hydroxyl groups excluding tert-OH is 1. The molecule has 1 aromatic rings. The fraction of sp³-hybridized carbons (Fsp3) is 0.588. The van der Waals surface area contributed by atoms with Gasteiger partial charge in [0.2, 0.25) is 5.91 Å². The van der Waals surface area contributed by atoms with Crippen molar-refractivity contribution in [2.24, 2.45) is 0 Å². The summed E-state index contributed by atoms with van der Waals surface area (Å²) in [7, 11) is 0. The zero-order valence-electron chi connectivity index (χ0n) is 13.2. The van der Waals surface area contributed by atoms with Gasteiger partial charge in [-0.2, -0.15) is 0 Å². The molecule has 0 saturated carbocycles. The minimum atomic E-state index is -0.420. The number of morpholine rings is 1. The van der Waals surface area contributed by atoms with Crippen LogP contribution in [0.4, 0.5) is 0 Å². The Morgan fingerprint density at radius 3 is 2.95 bits per heavy atom. The third kappa shape index (κ3) is 5.40. The van der Waals surface area contributed by atoms with E-state index in [9.17, 15) is 9.90 Å². The summed E-state index contributed by atoms with van der Waals surface area (Å²) in [6, 6.07) is 10.2. The number of ether oxygens (including phenoxy) is 1. The maximum absolute atomic E-state index is 12.1. The van der Waals surface area contributed by atoms with Crippen molar-refractivity contribution in [2.45, 2.75) is 38.5 Å². The number of aliphatic hydroxyl groups is 1. The van der Waals surface area contributed by atoms with Gasteiger partial charge in [-0.1, -0.05) is 37.3 Å². The summed E-state index contributed by atoms with van der Waals surface area (Å²) in [5.74, 6) is -0.0823. The summed E-state index contributed by atoms with van der Waals surface area (Å²) in [6.45, 7) is 5.28. The maximum Gasteiger partial charge on any atom is 0.250 e.